The van der Waals surface area contributed by atoms with Gasteiger partial charge in [-0.15, -0.1) is 0 Å². The number of nitrogens with zero attached hydrogens (tertiary/aromatic N) is 2. The number of carbonyl (C=O) groups excluding carboxylic acids is 1. The molecule has 3 heterocycles. The highest BCUT2D eigenvalue weighted by Gasteiger charge is 2.31. The summed E-state index contributed by atoms with van der Waals surface area (Å²) in [5.74, 6) is 6.39. The first-order valence-corrected chi connectivity index (χ1v) is 7.98. The van der Waals surface area contributed by atoms with E-state index in [4.69, 9.17) is 0 Å². The maximum absolute atomic E-state index is 12.4. The average Bonchev–Trinajstić information content (AvgIpc) is 2.95. The lowest BCUT2D eigenvalue weighted by Gasteiger charge is -2.29. The van der Waals surface area contributed by atoms with Gasteiger partial charge in [-0.3, -0.25) is 14.8 Å². The topological polar surface area (TPSA) is 58.6 Å². The highest BCUT2D eigenvalue weighted by molar-refractivity contribution is 5.98. The molecule has 4 heteroatoms. The van der Waals surface area contributed by atoms with Crippen LogP contribution in [-0.4, -0.2) is 20.7 Å². The van der Waals surface area contributed by atoms with Crippen molar-refractivity contribution in [3.05, 3.63) is 59.2 Å². The molecule has 0 radical (unpaired) electrons. The maximum Gasteiger partial charge on any atom is 0.165 e. The van der Waals surface area contributed by atoms with Crippen LogP contribution in [0.15, 0.2) is 36.8 Å². The molecule has 0 saturated carbocycles. The van der Waals surface area contributed by atoms with Gasteiger partial charge in [0, 0.05) is 36.1 Å². The zero-order chi connectivity index (χ0) is 16.7. The summed E-state index contributed by atoms with van der Waals surface area (Å²) in [4.78, 5) is 24.3. The van der Waals surface area contributed by atoms with Crippen molar-refractivity contribution in [2.45, 2.75) is 26.7 Å². The van der Waals surface area contributed by atoms with Gasteiger partial charge in [0.25, 0.3) is 0 Å². The normalized spacial score (nSPS) is 15.7. The molecule has 1 aliphatic rings. The summed E-state index contributed by atoms with van der Waals surface area (Å²) in [6.45, 7) is 4.21. The van der Waals surface area contributed by atoms with Crippen LogP contribution in [0.1, 0.15) is 47.4 Å². The zero-order valence-electron chi connectivity index (χ0n) is 13.7. The minimum Gasteiger partial charge on any atom is -0.359 e. The highest BCUT2D eigenvalue weighted by Crippen LogP contribution is 2.33. The molecule has 0 fully saturated rings. The number of ketones is 1. The number of aromatic amines is 1. The number of hydrogen-bond donors (Lipinski definition) is 1. The van der Waals surface area contributed by atoms with E-state index in [2.05, 4.69) is 40.6 Å². The van der Waals surface area contributed by atoms with Gasteiger partial charge >= 0.3 is 0 Å². The summed E-state index contributed by atoms with van der Waals surface area (Å²) in [7, 11) is 0. The van der Waals surface area contributed by atoms with Gasteiger partial charge < -0.3 is 4.98 Å². The van der Waals surface area contributed by atoms with Gasteiger partial charge in [-0.25, -0.2) is 0 Å². The summed E-state index contributed by atoms with van der Waals surface area (Å²) in [5, 5.41) is 0. The predicted molar refractivity (Wildman–Crippen MR) is 92.7 cm³/mol. The number of carbonyl (C=O) groups is 1. The number of aromatic nitrogens is 3. The first kappa shape index (κ1) is 14.6. The maximum atomic E-state index is 12.4. The molecular formula is C20H17N3O. The van der Waals surface area contributed by atoms with E-state index < -0.39 is 0 Å². The van der Waals surface area contributed by atoms with Crippen molar-refractivity contribution >= 4 is 16.8 Å². The Balaban J connectivity index is 1.70. The lowest BCUT2D eigenvalue weighted by Crippen LogP contribution is -2.27. The van der Waals surface area contributed by atoms with Crippen LogP contribution in [0.3, 0.4) is 0 Å². The Kier molecular flexibility index (Phi) is 3.24. The van der Waals surface area contributed by atoms with Crippen LogP contribution in [0.2, 0.25) is 0 Å². The van der Waals surface area contributed by atoms with Crippen LogP contribution in [-0.2, 0) is 6.42 Å². The third-order valence-corrected chi connectivity index (χ3v) is 4.33. The second-order valence-corrected chi connectivity index (χ2v) is 7.01. The molecule has 3 aromatic heterocycles. The van der Waals surface area contributed by atoms with Crippen molar-refractivity contribution in [2.24, 2.45) is 5.41 Å². The highest BCUT2D eigenvalue weighted by atomic mass is 16.1. The van der Waals surface area contributed by atoms with E-state index in [1.807, 2.05) is 24.4 Å². The molecule has 1 aliphatic carbocycles. The summed E-state index contributed by atoms with van der Waals surface area (Å²) in [5.41, 5.74) is 5.01. The molecule has 4 rings (SSSR count). The van der Waals surface area contributed by atoms with Crippen molar-refractivity contribution < 1.29 is 4.79 Å². The van der Waals surface area contributed by atoms with Crippen LogP contribution in [0.5, 0.6) is 0 Å². The lowest BCUT2D eigenvalue weighted by atomic mass is 9.75. The first-order chi connectivity index (χ1) is 11.5. The van der Waals surface area contributed by atoms with Gasteiger partial charge in [0.1, 0.15) is 5.52 Å². The van der Waals surface area contributed by atoms with Crippen LogP contribution in [0.25, 0.3) is 11.0 Å². The Bertz CT molecular complexity index is 1020. The van der Waals surface area contributed by atoms with Crippen LogP contribution in [0.4, 0.5) is 0 Å². The van der Waals surface area contributed by atoms with E-state index in [-0.39, 0.29) is 11.2 Å². The molecule has 0 unspecified atom stereocenters. The zero-order valence-corrected chi connectivity index (χ0v) is 13.7. The third kappa shape index (κ3) is 2.59. The van der Waals surface area contributed by atoms with E-state index in [1.54, 1.807) is 12.4 Å². The van der Waals surface area contributed by atoms with Gasteiger partial charge in [0.05, 0.1) is 16.8 Å². The van der Waals surface area contributed by atoms with Gasteiger partial charge in [-0.2, -0.15) is 0 Å². The molecule has 0 spiro atoms. The summed E-state index contributed by atoms with van der Waals surface area (Å²) in [6, 6.07) is 5.72. The molecular weight excluding hydrogens is 298 g/mol. The first-order valence-electron chi connectivity index (χ1n) is 7.98. The van der Waals surface area contributed by atoms with E-state index >= 15 is 0 Å². The number of rotatable bonds is 0. The lowest BCUT2D eigenvalue weighted by molar-refractivity contribution is 0.0910. The van der Waals surface area contributed by atoms with Crippen molar-refractivity contribution in [3.8, 4) is 11.8 Å². The number of fused-ring (bicyclic) bond motifs is 2. The molecule has 0 bridgehead atoms. The smallest absolute Gasteiger partial charge is 0.165 e. The van der Waals surface area contributed by atoms with Crippen molar-refractivity contribution in [2.75, 3.05) is 0 Å². The van der Waals surface area contributed by atoms with Crippen molar-refractivity contribution in [1.29, 1.82) is 0 Å². The molecule has 0 amide bonds. The Hall–Kier alpha value is -2.93. The molecule has 118 valence electrons. The van der Waals surface area contributed by atoms with E-state index in [1.165, 1.54) is 0 Å². The Morgan fingerprint density at radius 3 is 2.96 bits per heavy atom. The van der Waals surface area contributed by atoms with E-state index in [0.29, 0.717) is 6.42 Å². The Morgan fingerprint density at radius 2 is 2.08 bits per heavy atom. The minimum absolute atomic E-state index is 0.0139. The monoisotopic (exact) mass is 315 g/mol. The molecule has 0 atom stereocenters. The van der Waals surface area contributed by atoms with Crippen molar-refractivity contribution in [3.63, 3.8) is 0 Å². The van der Waals surface area contributed by atoms with E-state index in [9.17, 15) is 4.79 Å². The summed E-state index contributed by atoms with van der Waals surface area (Å²) in [6.07, 6.45) is 6.74. The average molecular weight is 315 g/mol. The standard InChI is InChI=1S/C20H17N3O/c1-20(2)9-17-15(18(24)10-20)8-13(11-22-17)5-6-14-12-23-16-4-3-7-21-19(14)16/h3-4,7-8,11-12,23H,9-10H2,1-2H3. The molecule has 4 nitrogen and oxygen atoms in total. The molecule has 24 heavy (non-hydrogen) atoms. The van der Waals surface area contributed by atoms with Crippen LogP contribution in [0, 0.1) is 17.3 Å². The second kappa shape index (κ2) is 5.31. The largest absolute Gasteiger partial charge is 0.359 e. The van der Waals surface area contributed by atoms with Crippen LogP contribution >= 0.6 is 0 Å². The van der Waals surface area contributed by atoms with Gasteiger partial charge in [-0.1, -0.05) is 25.7 Å². The Labute approximate surface area is 140 Å². The molecule has 1 N–H and O–H groups in total. The number of pyridine rings is 2. The second-order valence-electron chi connectivity index (χ2n) is 7.01. The summed E-state index contributed by atoms with van der Waals surface area (Å²) >= 11 is 0. The fourth-order valence-corrected chi connectivity index (χ4v) is 3.18. The van der Waals surface area contributed by atoms with E-state index in [0.717, 1.165) is 39.8 Å². The molecule has 0 aromatic carbocycles. The quantitative estimate of drug-likeness (QED) is 0.646. The summed E-state index contributed by atoms with van der Waals surface area (Å²) < 4.78 is 0. The Morgan fingerprint density at radius 1 is 1.21 bits per heavy atom. The van der Waals surface area contributed by atoms with Gasteiger partial charge in [0.2, 0.25) is 0 Å². The number of Topliss-reactive ketones (excluding diaryl/α,β-unsaturated/α-hetero) is 1. The molecule has 0 saturated heterocycles. The third-order valence-electron chi connectivity index (χ3n) is 4.33. The number of nitrogens with one attached hydrogen (secondary N) is 1. The van der Waals surface area contributed by atoms with Crippen LogP contribution < -0.4 is 0 Å². The molecule has 0 aliphatic heterocycles. The number of hydrogen-bond acceptors (Lipinski definition) is 3. The SMILES string of the molecule is CC1(C)CC(=O)c2cc(C#Cc3c[nH]c4cccnc34)cnc2C1. The number of H-pyrrole nitrogens is 1. The molecule has 3 aromatic rings. The van der Waals surface area contributed by atoms with Gasteiger partial charge in [-0.05, 0) is 30.0 Å². The fraction of sp³-hybridized carbons (Fsp3) is 0.250. The van der Waals surface area contributed by atoms with Gasteiger partial charge in [0.15, 0.2) is 5.78 Å². The fourth-order valence-electron chi connectivity index (χ4n) is 3.18. The predicted octanol–water partition coefficient (Wildman–Crippen LogP) is 3.51. The van der Waals surface area contributed by atoms with Crippen molar-refractivity contribution in [1.82, 2.24) is 15.0 Å². The minimum atomic E-state index is -0.0139.